The van der Waals surface area contributed by atoms with E-state index in [0.29, 0.717) is 5.92 Å². The van der Waals surface area contributed by atoms with Gasteiger partial charge in [-0.2, -0.15) is 0 Å². The van der Waals surface area contributed by atoms with Crippen LogP contribution in [0.25, 0.3) is 0 Å². The monoisotopic (exact) mass is 338 g/mol. The summed E-state index contributed by atoms with van der Waals surface area (Å²) in [5.41, 5.74) is 11.0. The lowest BCUT2D eigenvalue weighted by Crippen LogP contribution is -2.32. The van der Waals surface area contributed by atoms with E-state index in [4.69, 9.17) is 10.5 Å². The van der Waals surface area contributed by atoms with E-state index in [9.17, 15) is 0 Å². The highest BCUT2D eigenvalue weighted by molar-refractivity contribution is 5.57. The molecule has 1 heterocycles. The van der Waals surface area contributed by atoms with Crippen LogP contribution < -0.4 is 10.5 Å². The van der Waals surface area contributed by atoms with Crippen molar-refractivity contribution in [3.05, 3.63) is 59.2 Å². The van der Waals surface area contributed by atoms with Crippen LogP contribution in [-0.4, -0.2) is 24.1 Å². The van der Waals surface area contributed by atoms with Gasteiger partial charge in [0.25, 0.3) is 0 Å². The number of anilines is 1. The second-order valence-corrected chi connectivity index (χ2v) is 7.45. The molecule has 2 N–H and O–H groups in total. The van der Waals surface area contributed by atoms with E-state index in [1.165, 1.54) is 29.5 Å². The molecule has 1 aliphatic rings. The molecule has 25 heavy (non-hydrogen) atoms. The van der Waals surface area contributed by atoms with Crippen molar-refractivity contribution >= 4 is 5.69 Å². The molecule has 2 aromatic carbocycles. The fourth-order valence-electron chi connectivity index (χ4n) is 3.77. The topological polar surface area (TPSA) is 38.5 Å². The van der Waals surface area contributed by atoms with Crippen LogP contribution >= 0.6 is 0 Å². The molecule has 134 valence electrons. The number of nitrogen functional groups attached to an aromatic ring is 1. The average Bonchev–Trinajstić information content (AvgIpc) is 2.59. The molecule has 0 aliphatic carbocycles. The predicted molar refractivity (Wildman–Crippen MR) is 105 cm³/mol. The first-order valence-electron chi connectivity index (χ1n) is 9.36. The molecule has 0 spiro atoms. The molecule has 0 bridgehead atoms. The lowest BCUT2D eigenvalue weighted by molar-refractivity contribution is 0.204. The Balaban J connectivity index is 1.66. The van der Waals surface area contributed by atoms with Crippen LogP contribution in [0, 0.1) is 6.92 Å². The number of piperidine rings is 1. The van der Waals surface area contributed by atoms with Crippen molar-refractivity contribution in [1.82, 2.24) is 4.90 Å². The van der Waals surface area contributed by atoms with Gasteiger partial charge in [-0.3, -0.25) is 4.90 Å². The number of likely N-dealkylation sites (tertiary alicyclic amines) is 1. The number of rotatable bonds is 5. The normalized spacial score (nSPS) is 16.3. The van der Waals surface area contributed by atoms with Crippen molar-refractivity contribution in [1.29, 1.82) is 0 Å². The first kappa shape index (κ1) is 17.8. The van der Waals surface area contributed by atoms with Crippen LogP contribution in [-0.2, 0) is 6.54 Å². The predicted octanol–water partition coefficient (Wildman–Crippen LogP) is 4.74. The number of aryl methyl sites for hydroxylation is 1. The van der Waals surface area contributed by atoms with Crippen molar-refractivity contribution in [2.24, 2.45) is 0 Å². The summed E-state index contributed by atoms with van der Waals surface area (Å²) >= 11 is 0. The van der Waals surface area contributed by atoms with Crippen molar-refractivity contribution in [3.63, 3.8) is 0 Å². The Morgan fingerprint density at radius 2 is 1.80 bits per heavy atom. The lowest BCUT2D eigenvalue weighted by Gasteiger charge is -2.33. The van der Waals surface area contributed by atoms with Crippen molar-refractivity contribution in [3.8, 4) is 5.75 Å². The minimum absolute atomic E-state index is 0.144. The fourth-order valence-corrected chi connectivity index (χ4v) is 3.77. The van der Waals surface area contributed by atoms with Gasteiger partial charge in [0.15, 0.2) is 0 Å². The van der Waals surface area contributed by atoms with E-state index in [-0.39, 0.29) is 6.10 Å². The van der Waals surface area contributed by atoms with Crippen LogP contribution in [0.1, 0.15) is 49.3 Å². The van der Waals surface area contributed by atoms with Gasteiger partial charge in [0.2, 0.25) is 0 Å². The Bertz CT molecular complexity index is 689. The zero-order valence-electron chi connectivity index (χ0n) is 15.7. The molecular formula is C22H30N2O. The van der Waals surface area contributed by atoms with Crippen LogP contribution in [0.2, 0.25) is 0 Å². The van der Waals surface area contributed by atoms with Crippen LogP contribution in [0.4, 0.5) is 5.69 Å². The van der Waals surface area contributed by atoms with Gasteiger partial charge in [0.05, 0.1) is 11.8 Å². The summed E-state index contributed by atoms with van der Waals surface area (Å²) in [6.45, 7) is 9.59. The fraction of sp³-hybridized carbons (Fsp3) is 0.455. The van der Waals surface area contributed by atoms with Crippen molar-refractivity contribution in [2.75, 3.05) is 18.8 Å². The van der Waals surface area contributed by atoms with E-state index in [1.54, 1.807) is 0 Å². The minimum Gasteiger partial charge on any atom is -0.489 e. The maximum atomic E-state index is 6.14. The molecule has 1 fully saturated rings. The van der Waals surface area contributed by atoms with E-state index < -0.39 is 0 Å². The summed E-state index contributed by atoms with van der Waals surface area (Å²) in [4.78, 5) is 2.56. The molecule has 3 heteroatoms. The smallest absolute Gasteiger partial charge is 0.142 e. The Labute approximate surface area is 151 Å². The number of hydrogen-bond acceptors (Lipinski definition) is 3. The van der Waals surface area contributed by atoms with E-state index in [1.807, 2.05) is 13.8 Å². The number of nitrogens with two attached hydrogens (primary N) is 1. The maximum absolute atomic E-state index is 6.14. The zero-order chi connectivity index (χ0) is 17.8. The molecule has 0 amide bonds. The first-order chi connectivity index (χ1) is 12.0. The molecule has 1 aliphatic heterocycles. The SMILES string of the molecule is Cc1cc(N)c(OC(C)C)cc1C1CCN(Cc2ccccc2)CC1. The van der Waals surface area contributed by atoms with E-state index >= 15 is 0 Å². The number of ether oxygens (including phenoxy) is 1. The second-order valence-electron chi connectivity index (χ2n) is 7.45. The van der Waals surface area contributed by atoms with E-state index in [2.05, 4.69) is 54.3 Å². The number of benzene rings is 2. The van der Waals surface area contributed by atoms with Gasteiger partial charge >= 0.3 is 0 Å². The van der Waals surface area contributed by atoms with Gasteiger partial charge < -0.3 is 10.5 Å². The number of hydrogen-bond donors (Lipinski definition) is 1. The molecule has 0 unspecified atom stereocenters. The maximum Gasteiger partial charge on any atom is 0.142 e. The molecular weight excluding hydrogens is 308 g/mol. The second kappa shape index (κ2) is 7.92. The average molecular weight is 338 g/mol. The molecule has 0 atom stereocenters. The van der Waals surface area contributed by atoms with E-state index in [0.717, 1.165) is 31.1 Å². The summed E-state index contributed by atoms with van der Waals surface area (Å²) in [5, 5.41) is 0. The third kappa shape index (κ3) is 4.55. The Morgan fingerprint density at radius 3 is 2.44 bits per heavy atom. The molecule has 0 saturated carbocycles. The van der Waals surface area contributed by atoms with Crippen LogP contribution in [0.15, 0.2) is 42.5 Å². The van der Waals surface area contributed by atoms with Crippen molar-refractivity contribution < 1.29 is 4.74 Å². The van der Waals surface area contributed by atoms with Gasteiger partial charge in [-0.15, -0.1) is 0 Å². The van der Waals surface area contributed by atoms with Crippen molar-refractivity contribution in [2.45, 2.75) is 52.2 Å². The van der Waals surface area contributed by atoms with Gasteiger partial charge in [-0.25, -0.2) is 0 Å². The summed E-state index contributed by atoms with van der Waals surface area (Å²) in [6.07, 6.45) is 2.53. The Morgan fingerprint density at radius 1 is 1.12 bits per heavy atom. The Hall–Kier alpha value is -2.00. The van der Waals surface area contributed by atoms with Crippen LogP contribution in [0.5, 0.6) is 5.75 Å². The first-order valence-corrected chi connectivity index (χ1v) is 9.36. The highest BCUT2D eigenvalue weighted by Gasteiger charge is 2.23. The molecule has 1 saturated heterocycles. The largest absolute Gasteiger partial charge is 0.489 e. The third-order valence-electron chi connectivity index (χ3n) is 5.04. The quantitative estimate of drug-likeness (QED) is 0.800. The third-order valence-corrected chi connectivity index (χ3v) is 5.04. The summed E-state index contributed by atoms with van der Waals surface area (Å²) in [5.74, 6) is 1.43. The molecule has 2 aromatic rings. The molecule has 0 radical (unpaired) electrons. The Kier molecular flexibility index (Phi) is 5.64. The highest BCUT2D eigenvalue weighted by Crippen LogP contribution is 2.36. The minimum atomic E-state index is 0.144. The molecule has 3 nitrogen and oxygen atoms in total. The van der Waals surface area contributed by atoms with Gasteiger partial charge in [0.1, 0.15) is 5.75 Å². The molecule has 0 aromatic heterocycles. The summed E-state index contributed by atoms with van der Waals surface area (Å²) in [6, 6.07) is 15.0. The zero-order valence-corrected chi connectivity index (χ0v) is 15.7. The standard InChI is InChI=1S/C22H30N2O/c1-16(2)25-22-14-20(17(3)13-21(22)23)19-9-11-24(12-10-19)15-18-7-5-4-6-8-18/h4-8,13-14,16,19H,9-12,15,23H2,1-3H3. The van der Waals surface area contributed by atoms with Crippen LogP contribution in [0.3, 0.4) is 0 Å². The highest BCUT2D eigenvalue weighted by atomic mass is 16.5. The molecule has 3 rings (SSSR count). The number of nitrogens with zero attached hydrogens (tertiary/aromatic N) is 1. The van der Waals surface area contributed by atoms with Gasteiger partial charge in [0, 0.05) is 6.54 Å². The lowest BCUT2D eigenvalue weighted by atomic mass is 9.86. The summed E-state index contributed by atoms with van der Waals surface area (Å²) < 4.78 is 5.90. The van der Waals surface area contributed by atoms with Gasteiger partial charge in [-0.1, -0.05) is 30.3 Å². The van der Waals surface area contributed by atoms with Gasteiger partial charge in [-0.05, 0) is 81.4 Å². The summed E-state index contributed by atoms with van der Waals surface area (Å²) in [7, 11) is 0.